The molecule has 0 amide bonds. The van der Waals surface area contributed by atoms with E-state index in [1.54, 1.807) is 7.11 Å². The molecule has 3 nitrogen and oxygen atoms in total. The van der Waals surface area contributed by atoms with Crippen molar-refractivity contribution in [3.05, 3.63) is 40.9 Å². The van der Waals surface area contributed by atoms with Crippen molar-refractivity contribution < 1.29 is 9.47 Å². The summed E-state index contributed by atoms with van der Waals surface area (Å²) >= 11 is 6.29. The number of methoxy groups -OCH3 is 1. The topological polar surface area (TPSA) is 30.5 Å². The van der Waals surface area contributed by atoms with Gasteiger partial charge in [0.15, 0.2) is 0 Å². The minimum Gasteiger partial charge on any atom is -0.485 e. The van der Waals surface area contributed by atoms with Crippen molar-refractivity contribution in [2.24, 2.45) is 0 Å². The number of allylic oxidation sites excluding steroid dienone is 1. The van der Waals surface area contributed by atoms with Crippen LogP contribution in [0.15, 0.2) is 30.4 Å². The molecule has 1 aromatic carbocycles. The molecule has 0 aliphatic heterocycles. The normalized spacial score (nSPS) is 18.2. The van der Waals surface area contributed by atoms with E-state index in [9.17, 15) is 0 Å². The SMILES string of the molecule is COCCNCc1ccc(OC2C=CCCC2)c(Cl)c1. The highest BCUT2D eigenvalue weighted by Gasteiger charge is 2.12. The van der Waals surface area contributed by atoms with E-state index in [0.29, 0.717) is 11.6 Å². The average Bonchev–Trinajstić information content (AvgIpc) is 2.47. The molecular weight excluding hydrogens is 274 g/mol. The highest BCUT2D eigenvalue weighted by atomic mass is 35.5. The fourth-order valence-electron chi connectivity index (χ4n) is 2.20. The van der Waals surface area contributed by atoms with Crippen molar-refractivity contribution in [3.63, 3.8) is 0 Å². The maximum Gasteiger partial charge on any atom is 0.138 e. The van der Waals surface area contributed by atoms with Gasteiger partial charge in [0, 0.05) is 20.2 Å². The van der Waals surface area contributed by atoms with Crippen LogP contribution in [0.5, 0.6) is 5.75 Å². The Hall–Kier alpha value is -1.03. The Morgan fingerprint density at radius 3 is 3.00 bits per heavy atom. The van der Waals surface area contributed by atoms with E-state index < -0.39 is 0 Å². The molecule has 0 fully saturated rings. The van der Waals surface area contributed by atoms with Crippen molar-refractivity contribution in [1.82, 2.24) is 5.32 Å². The van der Waals surface area contributed by atoms with Crippen LogP contribution in [0, 0.1) is 0 Å². The van der Waals surface area contributed by atoms with E-state index in [2.05, 4.69) is 17.5 Å². The molecule has 1 aliphatic rings. The van der Waals surface area contributed by atoms with E-state index in [4.69, 9.17) is 21.1 Å². The van der Waals surface area contributed by atoms with Crippen molar-refractivity contribution in [2.45, 2.75) is 31.9 Å². The maximum absolute atomic E-state index is 6.29. The number of halogens is 1. The molecule has 2 rings (SSSR count). The van der Waals surface area contributed by atoms with Crippen molar-refractivity contribution in [2.75, 3.05) is 20.3 Å². The molecule has 110 valence electrons. The monoisotopic (exact) mass is 295 g/mol. The first-order chi connectivity index (χ1) is 9.79. The van der Waals surface area contributed by atoms with E-state index >= 15 is 0 Å². The number of ether oxygens (including phenoxy) is 2. The molecule has 0 aromatic heterocycles. The zero-order valence-corrected chi connectivity index (χ0v) is 12.7. The predicted octanol–water partition coefficient (Wildman–Crippen LogP) is 3.56. The van der Waals surface area contributed by atoms with Gasteiger partial charge in [-0.15, -0.1) is 0 Å². The van der Waals surface area contributed by atoms with E-state index in [1.165, 1.54) is 6.42 Å². The number of rotatable bonds is 7. The minimum atomic E-state index is 0.159. The van der Waals surface area contributed by atoms with Gasteiger partial charge in [0.05, 0.1) is 11.6 Å². The molecule has 1 unspecified atom stereocenters. The Bertz CT molecular complexity index is 448. The van der Waals surface area contributed by atoms with Gasteiger partial charge in [0.1, 0.15) is 11.9 Å². The quantitative estimate of drug-likeness (QED) is 0.616. The van der Waals surface area contributed by atoms with Gasteiger partial charge in [0.2, 0.25) is 0 Å². The third kappa shape index (κ3) is 4.82. The van der Waals surface area contributed by atoms with Gasteiger partial charge in [-0.05, 0) is 43.0 Å². The van der Waals surface area contributed by atoms with Gasteiger partial charge in [-0.1, -0.05) is 23.7 Å². The number of hydrogen-bond acceptors (Lipinski definition) is 3. The fourth-order valence-corrected chi connectivity index (χ4v) is 2.45. The lowest BCUT2D eigenvalue weighted by Crippen LogP contribution is -2.18. The van der Waals surface area contributed by atoms with Crippen LogP contribution in [0.25, 0.3) is 0 Å². The molecule has 1 atom stereocenters. The summed E-state index contributed by atoms with van der Waals surface area (Å²) in [5.41, 5.74) is 1.15. The molecular formula is C16H22ClNO2. The van der Waals surface area contributed by atoms with Gasteiger partial charge in [-0.2, -0.15) is 0 Å². The van der Waals surface area contributed by atoms with Crippen molar-refractivity contribution >= 4 is 11.6 Å². The molecule has 0 spiro atoms. The Kier molecular flexibility index (Phi) is 6.37. The smallest absolute Gasteiger partial charge is 0.138 e. The summed E-state index contributed by atoms with van der Waals surface area (Å²) in [4.78, 5) is 0. The number of nitrogens with one attached hydrogen (secondary N) is 1. The zero-order chi connectivity index (χ0) is 14.2. The fraction of sp³-hybridized carbons (Fsp3) is 0.500. The lowest BCUT2D eigenvalue weighted by molar-refractivity contribution is 0.199. The van der Waals surface area contributed by atoms with Gasteiger partial charge < -0.3 is 14.8 Å². The third-order valence-electron chi connectivity index (χ3n) is 3.30. The summed E-state index contributed by atoms with van der Waals surface area (Å²) in [6.07, 6.45) is 7.86. The van der Waals surface area contributed by atoms with Gasteiger partial charge in [-0.3, -0.25) is 0 Å². The third-order valence-corrected chi connectivity index (χ3v) is 3.59. The van der Waals surface area contributed by atoms with Gasteiger partial charge >= 0.3 is 0 Å². The molecule has 1 aliphatic carbocycles. The summed E-state index contributed by atoms with van der Waals surface area (Å²) in [7, 11) is 1.70. The van der Waals surface area contributed by atoms with E-state index in [1.807, 2.05) is 18.2 Å². The van der Waals surface area contributed by atoms with Crippen LogP contribution in [0.3, 0.4) is 0 Å². The van der Waals surface area contributed by atoms with E-state index in [0.717, 1.165) is 37.2 Å². The van der Waals surface area contributed by atoms with Gasteiger partial charge in [0.25, 0.3) is 0 Å². The van der Waals surface area contributed by atoms with Crippen LogP contribution in [-0.4, -0.2) is 26.4 Å². The van der Waals surface area contributed by atoms with Crippen LogP contribution in [0.4, 0.5) is 0 Å². The summed E-state index contributed by atoms with van der Waals surface area (Å²) in [6.45, 7) is 2.33. The first-order valence-electron chi connectivity index (χ1n) is 7.11. The molecule has 0 saturated carbocycles. The molecule has 0 radical (unpaired) electrons. The molecule has 0 bridgehead atoms. The van der Waals surface area contributed by atoms with Crippen LogP contribution >= 0.6 is 11.6 Å². The summed E-state index contributed by atoms with van der Waals surface area (Å²) in [5.74, 6) is 0.767. The average molecular weight is 296 g/mol. The molecule has 0 saturated heterocycles. The second-order valence-electron chi connectivity index (χ2n) is 4.95. The van der Waals surface area contributed by atoms with Crippen LogP contribution in [0.2, 0.25) is 5.02 Å². The molecule has 1 N–H and O–H groups in total. The zero-order valence-electron chi connectivity index (χ0n) is 11.9. The predicted molar refractivity (Wildman–Crippen MR) is 82.4 cm³/mol. The molecule has 20 heavy (non-hydrogen) atoms. The minimum absolute atomic E-state index is 0.159. The highest BCUT2D eigenvalue weighted by Crippen LogP contribution is 2.28. The molecule has 0 heterocycles. The highest BCUT2D eigenvalue weighted by molar-refractivity contribution is 6.32. The second-order valence-corrected chi connectivity index (χ2v) is 5.36. The molecule has 1 aromatic rings. The first-order valence-corrected chi connectivity index (χ1v) is 7.49. The van der Waals surface area contributed by atoms with Crippen molar-refractivity contribution in [3.8, 4) is 5.75 Å². The van der Waals surface area contributed by atoms with Crippen LogP contribution in [0.1, 0.15) is 24.8 Å². The number of hydrogen-bond donors (Lipinski definition) is 1. The first kappa shape index (κ1) is 15.4. The maximum atomic E-state index is 6.29. The standard InChI is InChI=1S/C16H22ClNO2/c1-19-10-9-18-12-13-7-8-16(15(17)11-13)20-14-5-3-2-4-6-14/h3,5,7-8,11,14,18H,2,4,6,9-10,12H2,1H3. The lowest BCUT2D eigenvalue weighted by Gasteiger charge is -2.19. The Labute approximate surface area is 125 Å². The number of benzene rings is 1. The molecule has 4 heteroatoms. The Balaban J connectivity index is 1.88. The largest absolute Gasteiger partial charge is 0.485 e. The summed E-state index contributed by atoms with van der Waals surface area (Å²) in [6, 6.07) is 5.97. The lowest BCUT2D eigenvalue weighted by atomic mass is 10.1. The van der Waals surface area contributed by atoms with Crippen LogP contribution < -0.4 is 10.1 Å². The van der Waals surface area contributed by atoms with Crippen LogP contribution in [-0.2, 0) is 11.3 Å². The summed E-state index contributed by atoms with van der Waals surface area (Å²) in [5, 5.41) is 3.97. The Morgan fingerprint density at radius 1 is 1.40 bits per heavy atom. The Morgan fingerprint density at radius 2 is 2.30 bits per heavy atom. The second kappa shape index (κ2) is 8.30. The summed E-state index contributed by atoms with van der Waals surface area (Å²) < 4.78 is 10.9. The van der Waals surface area contributed by atoms with E-state index in [-0.39, 0.29) is 6.10 Å². The van der Waals surface area contributed by atoms with Gasteiger partial charge in [-0.25, -0.2) is 0 Å². The van der Waals surface area contributed by atoms with Crippen molar-refractivity contribution in [1.29, 1.82) is 0 Å².